The minimum atomic E-state index is -0.219. The average Bonchev–Trinajstić information content (AvgIpc) is 3.05. The summed E-state index contributed by atoms with van der Waals surface area (Å²) in [7, 11) is 0. The van der Waals surface area contributed by atoms with Gasteiger partial charge in [0.2, 0.25) is 0 Å². The fourth-order valence-corrected chi connectivity index (χ4v) is 2.98. The van der Waals surface area contributed by atoms with Crippen molar-refractivity contribution < 1.29 is 9.13 Å². The lowest BCUT2D eigenvalue weighted by molar-refractivity contribution is 0.179. The Bertz CT molecular complexity index is 683. The molecule has 1 atom stereocenters. The molecule has 1 fully saturated rings. The van der Waals surface area contributed by atoms with E-state index in [1.54, 1.807) is 0 Å². The van der Waals surface area contributed by atoms with Crippen LogP contribution in [0.25, 0.3) is 0 Å². The summed E-state index contributed by atoms with van der Waals surface area (Å²) in [5, 5.41) is 12.2. The summed E-state index contributed by atoms with van der Waals surface area (Å²) in [6.07, 6.45) is 1.34. The SMILES string of the molecule is N#CCc1ccc(NCC2(c3ccc(F)cc3)CCOC2)cc1. The molecule has 0 spiro atoms. The van der Waals surface area contributed by atoms with Crippen LogP contribution in [0.4, 0.5) is 10.1 Å². The first-order valence-corrected chi connectivity index (χ1v) is 7.75. The number of anilines is 1. The van der Waals surface area contributed by atoms with E-state index in [-0.39, 0.29) is 11.2 Å². The standard InChI is InChI=1S/C19H19FN2O/c20-17-5-3-16(4-6-17)19(10-12-23-14-19)13-22-18-7-1-15(2-8-18)9-11-21/h1-8,22H,9-10,12-14H2. The van der Waals surface area contributed by atoms with E-state index in [1.807, 2.05) is 36.4 Å². The van der Waals surface area contributed by atoms with Crippen LogP contribution in [-0.2, 0) is 16.6 Å². The van der Waals surface area contributed by atoms with Gasteiger partial charge in [0.15, 0.2) is 0 Å². The Hall–Kier alpha value is -2.38. The van der Waals surface area contributed by atoms with Crippen molar-refractivity contribution in [1.82, 2.24) is 0 Å². The second-order valence-corrected chi connectivity index (χ2v) is 5.98. The number of nitrogens with one attached hydrogen (secondary N) is 1. The number of nitriles is 1. The fourth-order valence-electron chi connectivity index (χ4n) is 2.98. The maximum atomic E-state index is 13.2. The Morgan fingerprint density at radius 2 is 1.87 bits per heavy atom. The van der Waals surface area contributed by atoms with Crippen molar-refractivity contribution in [2.24, 2.45) is 0 Å². The highest BCUT2D eigenvalue weighted by Crippen LogP contribution is 2.33. The molecule has 2 aromatic rings. The van der Waals surface area contributed by atoms with Crippen LogP contribution in [0.15, 0.2) is 48.5 Å². The molecule has 1 saturated heterocycles. The lowest BCUT2D eigenvalue weighted by Crippen LogP contribution is -2.35. The first-order valence-electron chi connectivity index (χ1n) is 7.75. The van der Waals surface area contributed by atoms with E-state index in [0.29, 0.717) is 13.0 Å². The van der Waals surface area contributed by atoms with Gasteiger partial charge < -0.3 is 10.1 Å². The molecule has 4 heteroatoms. The van der Waals surface area contributed by atoms with Crippen LogP contribution in [-0.4, -0.2) is 19.8 Å². The molecule has 1 aliphatic rings. The third-order valence-corrected chi connectivity index (χ3v) is 4.43. The van der Waals surface area contributed by atoms with Crippen LogP contribution in [0.5, 0.6) is 0 Å². The van der Waals surface area contributed by atoms with E-state index in [9.17, 15) is 4.39 Å². The molecule has 3 rings (SSSR count). The highest BCUT2D eigenvalue weighted by molar-refractivity contribution is 5.46. The lowest BCUT2D eigenvalue weighted by atomic mass is 9.79. The summed E-state index contributed by atoms with van der Waals surface area (Å²) in [4.78, 5) is 0. The normalized spacial score (nSPS) is 20.2. The Morgan fingerprint density at radius 1 is 1.13 bits per heavy atom. The highest BCUT2D eigenvalue weighted by atomic mass is 19.1. The van der Waals surface area contributed by atoms with Crippen LogP contribution in [0.1, 0.15) is 17.5 Å². The van der Waals surface area contributed by atoms with Gasteiger partial charge in [0.25, 0.3) is 0 Å². The molecule has 1 unspecified atom stereocenters. The first-order chi connectivity index (χ1) is 11.2. The van der Waals surface area contributed by atoms with Gasteiger partial charge in [0.1, 0.15) is 5.82 Å². The third kappa shape index (κ3) is 3.52. The third-order valence-electron chi connectivity index (χ3n) is 4.43. The molecule has 1 aliphatic heterocycles. The summed E-state index contributed by atoms with van der Waals surface area (Å²) in [5.74, 6) is -0.219. The van der Waals surface area contributed by atoms with Gasteiger partial charge in [0, 0.05) is 24.3 Å². The van der Waals surface area contributed by atoms with E-state index < -0.39 is 0 Å². The van der Waals surface area contributed by atoms with Gasteiger partial charge in [-0.15, -0.1) is 0 Å². The van der Waals surface area contributed by atoms with E-state index in [4.69, 9.17) is 10.00 Å². The quantitative estimate of drug-likeness (QED) is 0.916. The number of benzene rings is 2. The Balaban J connectivity index is 1.73. The minimum absolute atomic E-state index is 0.126. The van der Waals surface area contributed by atoms with Gasteiger partial charge in [-0.25, -0.2) is 4.39 Å². The predicted octanol–water partition coefficient (Wildman–Crippen LogP) is 3.66. The largest absolute Gasteiger partial charge is 0.384 e. The fraction of sp³-hybridized carbons (Fsp3) is 0.316. The molecule has 0 aliphatic carbocycles. The smallest absolute Gasteiger partial charge is 0.123 e. The van der Waals surface area contributed by atoms with Crippen LogP contribution < -0.4 is 5.32 Å². The Kier molecular flexibility index (Phi) is 4.59. The van der Waals surface area contributed by atoms with Crippen molar-refractivity contribution in [1.29, 1.82) is 5.26 Å². The van der Waals surface area contributed by atoms with Crippen molar-refractivity contribution in [2.45, 2.75) is 18.3 Å². The lowest BCUT2D eigenvalue weighted by Gasteiger charge is -2.29. The summed E-state index contributed by atoms with van der Waals surface area (Å²) < 4.78 is 18.8. The minimum Gasteiger partial charge on any atom is -0.384 e. The molecule has 118 valence electrons. The molecule has 23 heavy (non-hydrogen) atoms. The number of ether oxygens (including phenoxy) is 1. The first kappa shape index (κ1) is 15.5. The molecule has 3 nitrogen and oxygen atoms in total. The van der Waals surface area contributed by atoms with E-state index in [1.165, 1.54) is 12.1 Å². The summed E-state index contributed by atoms with van der Waals surface area (Å²) in [6.45, 7) is 2.09. The maximum absolute atomic E-state index is 13.2. The van der Waals surface area contributed by atoms with Crippen molar-refractivity contribution in [2.75, 3.05) is 25.1 Å². The zero-order chi connectivity index (χ0) is 16.1. The van der Waals surface area contributed by atoms with Crippen LogP contribution in [0.3, 0.4) is 0 Å². The van der Waals surface area contributed by atoms with E-state index >= 15 is 0 Å². The van der Waals surface area contributed by atoms with Crippen molar-refractivity contribution in [3.63, 3.8) is 0 Å². The highest BCUT2D eigenvalue weighted by Gasteiger charge is 2.36. The molecule has 1 heterocycles. The van der Waals surface area contributed by atoms with Crippen LogP contribution in [0, 0.1) is 17.1 Å². The number of nitrogens with zero attached hydrogens (tertiary/aromatic N) is 1. The number of hydrogen-bond donors (Lipinski definition) is 1. The van der Waals surface area contributed by atoms with E-state index in [0.717, 1.165) is 36.4 Å². The van der Waals surface area contributed by atoms with E-state index in [2.05, 4.69) is 11.4 Å². The number of halogens is 1. The second-order valence-electron chi connectivity index (χ2n) is 5.98. The monoisotopic (exact) mass is 310 g/mol. The topological polar surface area (TPSA) is 45.0 Å². The molecule has 0 radical (unpaired) electrons. The number of hydrogen-bond acceptors (Lipinski definition) is 3. The maximum Gasteiger partial charge on any atom is 0.123 e. The Labute approximate surface area is 135 Å². The summed E-state index contributed by atoms with van der Waals surface area (Å²) in [6, 6.07) is 16.7. The average molecular weight is 310 g/mol. The number of rotatable bonds is 5. The molecular weight excluding hydrogens is 291 g/mol. The van der Waals surface area contributed by atoms with Crippen LogP contribution in [0.2, 0.25) is 0 Å². The molecule has 0 amide bonds. The molecule has 1 N–H and O–H groups in total. The van der Waals surface area contributed by atoms with Gasteiger partial charge in [0.05, 0.1) is 19.1 Å². The van der Waals surface area contributed by atoms with Gasteiger partial charge >= 0.3 is 0 Å². The van der Waals surface area contributed by atoms with Gasteiger partial charge in [-0.1, -0.05) is 24.3 Å². The molecule has 2 aromatic carbocycles. The molecule has 0 saturated carbocycles. The van der Waals surface area contributed by atoms with Gasteiger partial charge in [-0.2, -0.15) is 5.26 Å². The van der Waals surface area contributed by atoms with Gasteiger partial charge in [-0.05, 0) is 41.8 Å². The molecule has 0 bridgehead atoms. The van der Waals surface area contributed by atoms with Crippen molar-refractivity contribution >= 4 is 5.69 Å². The zero-order valence-corrected chi connectivity index (χ0v) is 12.9. The van der Waals surface area contributed by atoms with Gasteiger partial charge in [-0.3, -0.25) is 0 Å². The second kappa shape index (κ2) is 6.80. The summed E-state index contributed by atoms with van der Waals surface area (Å²) in [5.41, 5.74) is 3.00. The zero-order valence-electron chi connectivity index (χ0n) is 12.9. The predicted molar refractivity (Wildman–Crippen MR) is 87.8 cm³/mol. The Morgan fingerprint density at radius 3 is 2.48 bits per heavy atom. The van der Waals surface area contributed by atoms with Crippen LogP contribution >= 0.6 is 0 Å². The van der Waals surface area contributed by atoms with Crippen molar-refractivity contribution in [3.8, 4) is 6.07 Å². The molecule has 0 aromatic heterocycles. The summed E-state index contributed by atoms with van der Waals surface area (Å²) >= 11 is 0. The van der Waals surface area contributed by atoms with Crippen molar-refractivity contribution in [3.05, 3.63) is 65.5 Å². The molecular formula is C19H19FN2O.